The third kappa shape index (κ3) is 3.02. The minimum absolute atomic E-state index is 0.0119. The number of carbonyl (C=O) groups is 2. The standard InChI is InChI=1S/C21H23N5O2/c1-14(20(27)25-7-3-6-17(25)11-23)12-24-13-18-9-19(24)21(28)26(18)16-5-2-4-15(8-16)10-22/h2,4-5,8,14,17-19H,3,6-7,9,12-13H2,1H3/t14-,17-,18+,19+/m0/s1. The molecule has 4 atom stereocenters. The van der Waals surface area contributed by atoms with Gasteiger partial charge >= 0.3 is 0 Å². The van der Waals surface area contributed by atoms with E-state index >= 15 is 0 Å². The molecule has 2 bridgehead atoms. The van der Waals surface area contributed by atoms with E-state index in [4.69, 9.17) is 5.26 Å². The van der Waals surface area contributed by atoms with E-state index in [1.165, 1.54) is 0 Å². The average molecular weight is 377 g/mol. The maximum absolute atomic E-state index is 12.9. The van der Waals surface area contributed by atoms with E-state index in [1.54, 1.807) is 28.0 Å². The van der Waals surface area contributed by atoms with Crippen LogP contribution in [0.4, 0.5) is 5.69 Å². The Hall–Kier alpha value is -2.90. The highest BCUT2D eigenvalue weighted by Crippen LogP contribution is 2.36. The molecule has 3 aliphatic heterocycles. The summed E-state index contributed by atoms with van der Waals surface area (Å²) in [5.74, 6) is -0.184. The Kier molecular flexibility index (Phi) is 4.78. The molecule has 4 rings (SSSR count). The molecule has 1 aromatic carbocycles. The maximum Gasteiger partial charge on any atom is 0.244 e. The predicted molar refractivity (Wildman–Crippen MR) is 102 cm³/mol. The SMILES string of the molecule is C[C@@H](CN1C[C@H]2C[C@@H]1C(=O)N2c1cccc(C#N)c1)C(=O)N1CCC[C@H]1C#N. The summed E-state index contributed by atoms with van der Waals surface area (Å²) in [4.78, 5) is 31.3. The third-order valence-corrected chi connectivity index (χ3v) is 6.14. The van der Waals surface area contributed by atoms with Crippen LogP contribution in [0.1, 0.15) is 31.7 Å². The number of benzene rings is 1. The highest BCUT2D eigenvalue weighted by Gasteiger charge is 2.50. The Bertz CT molecular complexity index is 886. The van der Waals surface area contributed by atoms with E-state index in [1.807, 2.05) is 13.0 Å². The summed E-state index contributed by atoms with van der Waals surface area (Å²) >= 11 is 0. The van der Waals surface area contributed by atoms with E-state index in [0.717, 1.165) is 31.5 Å². The number of fused-ring (bicyclic) bond motifs is 2. The summed E-state index contributed by atoms with van der Waals surface area (Å²) in [7, 11) is 0. The molecular formula is C21H23N5O2. The van der Waals surface area contributed by atoms with Crippen molar-refractivity contribution < 1.29 is 9.59 Å². The van der Waals surface area contributed by atoms with Gasteiger partial charge in [0.25, 0.3) is 0 Å². The lowest BCUT2D eigenvalue weighted by atomic mass is 10.1. The first-order valence-electron chi connectivity index (χ1n) is 9.81. The van der Waals surface area contributed by atoms with Gasteiger partial charge in [-0.2, -0.15) is 10.5 Å². The van der Waals surface area contributed by atoms with Gasteiger partial charge in [-0.1, -0.05) is 13.0 Å². The molecule has 3 heterocycles. The molecule has 28 heavy (non-hydrogen) atoms. The molecule has 0 saturated carbocycles. The topological polar surface area (TPSA) is 91.4 Å². The van der Waals surface area contributed by atoms with Crippen molar-refractivity contribution in [3.8, 4) is 12.1 Å². The van der Waals surface area contributed by atoms with Crippen molar-refractivity contribution in [2.24, 2.45) is 5.92 Å². The lowest BCUT2D eigenvalue weighted by molar-refractivity contribution is -0.136. The van der Waals surface area contributed by atoms with Crippen LogP contribution >= 0.6 is 0 Å². The molecule has 3 fully saturated rings. The van der Waals surface area contributed by atoms with Gasteiger partial charge in [0.05, 0.1) is 29.8 Å². The Balaban J connectivity index is 1.42. The molecule has 0 aliphatic carbocycles. The number of nitriles is 2. The molecule has 144 valence electrons. The van der Waals surface area contributed by atoms with E-state index in [0.29, 0.717) is 18.7 Å². The van der Waals surface area contributed by atoms with Crippen molar-refractivity contribution >= 4 is 17.5 Å². The summed E-state index contributed by atoms with van der Waals surface area (Å²) in [5.41, 5.74) is 1.32. The van der Waals surface area contributed by atoms with Gasteiger partial charge in [0.15, 0.2) is 0 Å². The second kappa shape index (κ2) is 7.26. The first kappa shape index (κ1) is 18.5. The normalized spacial score (nSPS) is 27.7. The lowest BCUT2D eigenvalue weighted by Crippen LogP contribution is -2.52. The molecule has 1 aromatic rings. The first-order valence-corrected chi connectivity index (χ1v) is 9.81. The van der Waals surface area contributed by atoms with Crippen LogP contribution in [0.25, 0.3) is 0 Å². The highest BCUT2D eigenvalue weighted by molar-refractivity contribution is 6.01. The molecule has 3 aliphatic rings. The van der Waals surface area contributed by atoms with Crippen LogP contribution in [0, 0.1) is 28.6 Å². The smallest absolute Gasteiger partial charge is 0.244 e. The molecule has 7 nitrogen and oxygen atoms in total. The minimum atomic E-state index is -0.311. The minimum Gasteiger partial charge on any atom is -0.326 e. The van der Waals surface area contributed by atoms with Crippen molar-refractivity contribution in [1.82, 2.24) is 9.80 Å². The van der Waals surface area contributed by atoms with Gasteiger partial charge in [-0.05, 0) is 37.5 Å². The largest absolute Gasteiger partial charge is 0.326 e. The summed E-state index contributed by atoms with van der Waals surface area (Å²) in [6.45, 7) is 3.80. The molecule has 7 heteroatoms. The molecule has 0 unspecified atom stereocenters. The van der Waals surface area contributed by atoms with Crippen LogP contribution in [0.3, 0.4) is 0 Å². The number of rotatable bonds is 4. The predicted octanol–water partition coefficient (Wildman–Crippen LogP) is 1.50. The highest BCUT2D eigenvalue weighted by atomic mass is 16.2. The zero-order valence-electron chi connectivity index (χ0n) is 15.9. The van der Waals surface area contributed by atoms with Crippen molar-refractivity contribution in [3.63, 3.8) is 0 Å². The van der Waals surface area contributed by atoms with E-state index in [2.05, 4.69) is 17.0 Å². The Morgan fingerprint density at radius 3 is 2.89 bits per heavy atom. The second-order valence-electron chi connectivity index (χ2n) is 7.95. The third-order valence-electron chi connectivity index (χ3n) is 6.14. The fourth-order valence-electron chi connectivity index (χ4n) is 4.81. The van der Waals surface area contributed by atoms with Gasteiger partial charge in [-0.15, -0.1) is 0 Å². The Labute approximate surface area is 164 Å². The molecule has 2 amide bonds. The van der Waals surface area contributed by atoms with Crippen molar-refractivity contribution in [2.45, 2.75) is 44.3 Å². The molecule has 0 N–H and O–H groups in total. The van der Waals surface area contributed by atoms with Gasteiger partial charge in [0.2, 0.25) is 11.8 Å². The number of carbonyl (C=O) groups excluding carboxylic acids is 2. The maximum atomic E-state index is 12.9. The number of likely N-dealkylation sites (tertiary alicyclic amines) is 2. The van der Waals surface area contributed by atoms with Gasteiger partial charge in [0.1, 0.15) is 6.04 Å². The summed E-state index contributed by atoms with van der Waals surface area (Å²) in [5, 5.41) is 18.3. The van der Waals surface area contributed by atoms with E-state index < -0.39 is 0 Å². The summed E-state index contributed by atoms with van der Waals surface area (Å²) < 4.78 is 0. The van der Waals surface area contributed by atoms with Crippen molar-refractivity contribution in [1.29, 1.82) is 10.5 Å². The van der Waals surface area contributed by atoms with E-state index in [-0.39, 0.29) is 35.9 Å². The molecule has 0 spiro atoms. The number of nitrogens with zero attached hydrogens (tertiary/aromatic N) is 5. The summed E-state index contributed by atoms with van der Waals surface area (Å²) in [6.07, 6.45) is 2.37. The average Bonchev–Trinajstić information content (AvgIpc) is 3.41. The number of piperazine rings is 1. The van der Waals surface area contributed by atoms with Crippen LogP contribution in [-0.4, -0.2) is 59.4 Å². The Morgan fingerprint density at radius 2 is 2.18 bits per heavy atom. The van der Waals surface area contributed by atoms with Gasteiger partial charge in [-0.3, -0.25) is 14.5 Å². The van der Waals surface area contributed by atoms with Crippen LogP contribution in [-0.2, 0) is 9.59 Å². The van der Waals surface area contributed by atoms with Crippen LogP contribution in [0.15, 0.2) is 24.3 Å². The van der Waals surface area contributed by atoms with Crippen LogP contribution < -0.4 is 4.90 Å². The van der Waals surface area contributed by atoms with Crippen LogP contribution in [0.5, 0.6) is 0 Å². The molecular weight excluding hydrogens is 354 g/mol. The van der Waals surface area contributed by atoms with Gasteiger partial charge in [0, 0.05) is 31.2 Å². The number of anilines is 1. The fourth-order valence-corrected chi connectivity index (χ4v) is 4.81. The lowest BCUT2D eigenvalue weighted by Gasteiger charge is -2.35. The fraction of sp³-hybridized carbons (Fsp3) is 0.524. The second-order valence-corrected chi connectivity index (χ2v) is 7.95. The number of hydrogen-bond acceptors (Lipinski definition) is 5. The Morgan fingerprint density at radius 1 is 1.36 bits per heavy atom. The monoisotopic (exact) mass is 377 g/mol. The zero-order chi connectivity index (χ0) is 19.8. The zero-order valence-corrected chi connectivity index (χ0v) is 15.9. The van der Waals surface area contributed by atoms with Crippen LogP contribution in [0.2, 0.25) is 0 Å². The molecule has 0 radical (unpaired) electrons. The summed E-state index contributed by atoms with van der Waals surface area (Å²) in [6, 6.07) is 11.0. The van der Waals surface area contributed by atoms with Gasteiger partial charge < -0.3 is 9.80 Å². The van der Waals surface area contributed by atoms with Crippen molar-refractivity contribution in [3.05, 3.63) is 29.8 Å². The van der Waals surface area contributed by atoms with Crippen molar-refractivity contribution in [2.75, 3.05) is 24.5 Å². The quantitative estimate of drug-likeness (QED) is 0.793. The number of hydrogen-bond donors (Lipinski definition) is 0. The van der Waals surface area contributed by atoms with E-state index in [9.17, 15) is 14.9 Å². The first-order chi connectivity index (χ1) is 13.5. The number of amides is 2. The van der Waals surface area contributed by atoms with Gasteiger partial charge in [-0.25, -0.2) is 0 Å². The molecule has 0 aromatic heterocycles. The molecule has 3 saturated heterocycles.